The van der Waals surface area contributed by atoms with Crippen LogP contribution in [0, 0.1) is 20.8 Å². The van der Waals surface area contributed by atoms with E-state index in [9.17, 15) is 9.59 Å². The van der Waals surface area contributed by atoms with Gasteiger partial charge in [-0.1, -0.05) is 6.07 Å². The van der Waals surface area contributed by atoms with E-state index in [0.717, 1.165) is 16.8 Å². The summed E-state index contributed by atoms with van der Waals surface area (Å²) in [7, 11) is 1.55. The standard InChI is InChI=1S/C18H22N2O4/c1-11-5-6-15(16(7-11)23-4)24-10-17(21)19-9-14-12(2)8-13(3)20-18(14)22/h5-8H,9-10H2,1-4H3,(H,19,21)(H,20,22). The molecule has 2 rings (SSSR count). The zero-order chi connectivity index (χ0) is 17.7. The summed E-state index contributed by atoms with van der Waals surface area (Å²) in [5.74, 6) is 0.772. The van der Waals surface area contributed by atoms with E-state index in [1.165, 1.54) is 0 Å². The molecule has 128 valence electrons. The quantitative estimate of drug-likeness (QED) is 0.849. The Bertz CT molecular complexity index is 796. The fourth-order valence-electron chi connectivity index (χ4n) is 2.38. The fraction of sp³-hybridized carbons (Fsp3) is 0.333. The predicted octanol–water partition coefficient (Wildman–Crippen LogP) is 2.00. The van der Waals surface area contributed by atoms with Gasteiger partial charge in [0.15, 0.2) is 18.1 Å². The van der Waals surface area contributed by atoms with Crippen molar-refractivity contribution in [3.05, 3.63) is 57.0 Å². The number of rotatable bonds is 6. The van der Waals surface area contributed by atoms with Gasteiger partial charge in [0.25, 0.3) is 11.5 Å². The van der Waals surface area contributed by atoms with Gasteiger partial charge in [-0.05, 0) is 50.1 Å². The van der Waals surface area contributed by atoms with E-state index in [1.54, 1.807) is 13.2 Å². The molecular formula is C18H22N2O4. The van der Waals surface area contributed by atoms with Crippen LogP contribution in [0.1, 0.15) is 22.4 Å². The van der Waals surface area contributed by atoms with Crippen molar-refractivity contribution in [1.29, 1.82) is 0 Å². The zero-order valence-corrected chi connectivity index (χ0v) is 14.4. The predicted molar refractivity (Wildman–Crippen MR) is 91.6 cm³/mol. The van der Waals surface area contributed by atoms with Crippen molar-refractivity contribution >= 4 is 5.91 Å². The number of aromatic amines is 1. The number of carbonyl (C=O) groups excluding carboxylic acids is 1. The Labute approximate surface area is 140 Å². The summed E-state index contributed by atoms with van der Waals surface area (Å²) >= 11 is 0. The summed E-state index contributed by atoms with van der Waals surface area (Å²) in [6, 6.07) is 7.35. The lowest BCUT2D eigenvalue weighted by Gasteiger charge is -2.12. The Hall–Kier alpha value is -2.76. The van der Waals surface area contributed by atoms with Gasteiger partial charge in [-0.2, -0.15) is 0 Å². The molecule has 1 heterocycles. The molecule has 0 bridgehead atoms. The van der Waals surface area contributed by atoms with Gasteiger partial charge in [-0.25, -0.2) is 0 Å². The lowest BCUT2D eigenvalue weighted by atomic mass is 10.1. The van der Waals surface area contributed by atoms with Crippen LogP contribution in [-0.2, 0) is 11.3 Å². The highest BCUT2D eigenvalue weighted by molar-refractivity contribution is 5.77. The van der Waals surface area contributed by atoms with Crippen molar-refractivity contribution in [2.45, 2.75) is 27.3 Å². The van der Waals surface area contributed by atoms with Crippen molar-refractivity contribution in [2.75, 3.05) is 13.7 Å². The highest BCUT2D eigenvalue weighted by atomic mass is 16.5. The summed E-state index contributed by atoms with van der Waals surface area (Å²) in [4.78, 5) is 26.6. The molecule has 2 N–H and O–H groups in total. The van der Waals surface area contributed by atoms with Gasteiger partial charge >= 0.3 is 0 Å². The van der Waals surface area contributed by atoms with Crippen LogP contribution in [-0.4, -0.2) is 24.6 Å². The first-order valence-corrected chi connectivity index (χ1v) is 7.64. The molecule has 0 atom stereocenters. The maximum atomic E-state index is 12.0. The second kappa shape index (κ2) is 7.68. The van der Waals surface area contributed by atoms with Gasteiger partial charge in [0.05, 0.1) is 7.11 Å². The molecule has 0 aliphatic heterocycles. The number of hydrogen-bond acceptors (Lipinski definition) is 4. The number of benzene rings is 1. The number of carbonyl (C=O) groups is 1. The first-order valence-electron chi connectivity index (χ1n) is 7.64. The van der Waals surface area contributed by atoms with E-state index >= 15 is 0 Å². The molecular weight excluding hydrogens is 308 g/mol. The normalized spacial score (nSPS) is 10.3. The number of amides is 1. The molecule has 1 aromatic heterocycles. The second-order valence-electron chi connectivity index (χ2n) is 5.66. The molecule has 0 unspecified atom stereocenters. The van der Waals surface area contributed by atoms with E-state index in [0.29, 0.717) is 17.1 Å². The molecule has 6 heteroatoms. The number of aromatic nitrogens is 1. The number of methoxy groups -OCH3 is 1. The van der Waals surface area contributed by atoms with E-state index in [-0.39, 0.29) is 24.6 Å². The summed E-state index contributed by atoms with van der Waals surface area (Å²) in [6.45, 7) is 5.62. The van der Waals surface area contributed by atoms with E-state index in [2.05, 4.69) is 10.3 Å². The minimum absolute atomic E-state index is 0.151. The lowest BCUT2D eigenvalue weighted by molar-refractivity contribution is -0.123. The fourth-order valence-corrected chi connectivity index (χ4v) is 2.38. The smallest absolute Gasteiger partial charge is 0.258 e. The van der Waals surface area contributed by atoms with E-state index in [1.807, 2.05) is 39.0 Å². The number of ether oxygens (including phenoxy) is 2. The summed E-state index contributed by atoms with van der Waals surface area (Å²) in [6.07, 6.45) is 0. The topological polar surface area (TPSA) is 80.4 Å². The monoisotopic (exact) mass is 330 g/mol. The first-order chi connectivity index (χ1) is 11.4. The average molecular weight is 330 g/mol. The molecule has 0 saturated heterocycles. The average Bonchev–Trinajstić information content (AvgIpc) is 2.52. The van der Waals surface area contributed by atoms with Gasteiger partial charge < -0.3 is 19.8 Å². The summed E-state index contributed by atoms with van der Waals surface area (Å²) < 4.78 is 10.7. The molecule has 0 fully saturated rings. The first kappa shape index (κ1) is 17.6. The maximum absolute atomic E-state index is 12.0. The van der Waals surface area contributed by atoms with E-state index in [4.69, 9.17) is 9.47 Å². The Morgan fingerprint density at radius 1 is 1.17 bits per heavy atom. The third-order valence-corrected chi connectivity index (χ3v) is 3.63. The SMILES string of the molecule is COc1cc(C)ccc1OCC(=O)NCc1c(C)cc(C)[nH]c1=O. The van der Waals surface area contributed by atoms with Gasteiger partial charge in [-0.3, -0.25) is 9.59 Å². The summed E-state index contributed by atoms with van der Waals surface area (Å²) in [5.41, 5.74) is 3.04. The Morgan fingerprint density at radius 3 is 2.58 bits per heavy atom. The molecule has 0 spiro atoms. The van der Waals surface area contributed by atoms with Crippen molar-refractivity contribution in [1.82, 2.24) is 10.3 Å². The largest absolute Gasteiger partial charge is 0.493 e. The van der Waals surface area contributed by atoms with E-state index < -0.39 is 0 Å². The minimum atomic E-state index is -0.308. The second-order valence-corrected chi connectivity index (χ2v) is 5.66. The molecule has 6 nitrogen and oxygen atoms in total. The third kappa shape index (κ3) is 4.38. The molecule has 1 aromatic carbocycles. The number of H-pyrrole nitrogens is 1. The van der Waals surface area contributed by atoms with Crippen LogP contribution in [0.15, 0.2) is 29.1 Å². The van der Waals surface area contributed by atoms with Crippen LogP contribution < -0.4 is 20.3 Å². The van der Waals surface area contributed by atoms with Crippen molar-refractivity contribution < 1.29 is 14.3 Å². The maximum Gasteiger partial charge on any atom is 0.258 e. The van der Waals surface area contributed by atoms with Crippen LogP contribution in [0.4, 0.5) is 0 Å². The Morgan fingerprint density at radius 2 is 1.92 bits per heavy atom. The molecule has 0 saturated carbocycles. The zero-order valence-electron chi connectivity index (χ0n) is 14.4. The van der Waals surface area contributed by atoms with Crippen LogP contribution in [0.2, 0.25) is 0 Å². The highest BCUT2D eigenvalue weighted by Crippen LogP contribution is 2.27. The number of nitrogens with one attached hydrogen (secondary N) is 2. The highest BCUT2D eigenvalue weighted by Gasteiger charge is 2.10. The van der Waals surface area contributed by atoms with Crippen LogP contribution in [0.5, 0.6) is 11.5 Å². The molecule has 0 aliphatic rings. The third-order valence-electron chi connectivity index (χ3n) is 3.63. The molecule has 1 amide bonds. The Balaban J connectivity index is 1.94. The van der Waals surface area contributed by atoms with Crippen LogP contribution >= 0.6 is 0 Å². The van der Waals surface area contributed by atoms with Crippen LogP contribution in [0.25, 0.3) is 0 Å². The van der Waals surface area contributed by atoms with Crippen LogP contribution in [0.3, 0.4) is 0 Å². The number of aryl methyl sites for hydroxylation is 3. The van der Waals surface area contributed by atoms with Gasteiger partial charge in [0.1, 0.15) is 0 Å². The number of hydrogen-bond donors (Lipinski definition) is 2. The van der Waals surface area contributed by atoms with Gasteiger partial charge in [-0.15, -0.1) is 0 Å². The van der Waals surface area contributed by atoms with Crippen molar-refractivity contribution in [3.63, 3.8) is 0 Å². The molecule has 0 aliphatic carbocycles. The summed E-state index contributed by atoms with van der Waals surface area (Å²) in [5, 5.41) is 2.69. The number of pyridine rings is 1. The Kier molecular flexibility index (Phi) is 5.63. The lowest BCUT2D eigenvalue weighted by Crippen LogP contribution is -2.31. The minimum Gasteiger partial charge on any atom is -0.493 e. The van der Waals surface area contributed by atoms with Crippen molar-refractivity contribution in [2.24, 2.45) is 0 Å². The van der Waals surface area contributed by atoms with Gasteiger partial charge in [0, 0.05) is 17.8 Å². The van der Waals surface area contributed by atoms with Gasteiger partial charge in [0.2, 0.25) is 0 Å². The molecule has 0 radical (unpaired) electrons. The molecule has 24 heavy (non-hydrogen) atoms. The van der Waals surface area contributed by atoms with Crippen molar-refractivity contribution in [3.8, 4) is 11.5 Å². The molecule has 2 aromatic rings.